The van der Waals surface area contributed by atoms with E-state index in [9.17, 15) is 0 Å². The fourth-order valence-electron chi connectivity index (χ4n) is 2.72. The largest absolute Gasteiger partial charge is 0.0613 e. The zero-order valence-electron chi connectivity index (χ0n) is 13.6. The van der Waals surface area contributed by atoms with Crippen molar-refractivity contribution in [1.82, 2.24) is 0 Å². The van der Waals surface area contributed by atoms with Crippen LogP contribution in [0.15, 0.2) is 12.1 Å². The van der Waals surface area contributed by atoms with Crippen molar-refractivity contribution in [1.29, 1.82) is 0 Å². The number of rotatable bonds is 2. The van der Waals surface area contributed by atoms with Crippen LogP contribution in [0.25, 0.3) is 0 Å². The number of hydrogen-bond acceptors (Lipinski definition) is 0. The maximum atomic E-state index is 2.43. The van der Waals surface area contributed by atoms with Crippen LogP contribution in [0, 0.1) is 0 Å². The van der Waals surface area contributed by atoms with Crippen LogP contribution in [-0.4, -0.2) is 0 Å². The van der Waals surface area contributed by atoms with E-state index in [2.05, 4.69) is 67.5 Å². The van der Waals surface area contributed by atoms with Gasteiger partial charge in [-0.25, -0.2) is 0 Å². The minimum absolute atomic E-state index is 0.240. The third kappa shape index (κ3) is 3.16. The Kier molecular flexibility index (Phi) is 4.30. The fraction of sp³-hybridized carbons (Fsp3) is 0.667. The van der Waals surface area contributed by atoms with Gasteiger partial charge in [0.1, 0.15) is 0 Å². The maximum absolute atomic E-state index is 2.43. The van der Waals surface area contributed by atoms with Gasteiger partial charge in [-0.1, -0.05) is 67.5 Å². The van der Waals surface area contributed by atoms with Crippen LogP contribution in [0.1, 0.15) is 77.6 Å². The monoisotopic (exact) mass is 246 g/mol. The van der Waals surface area contributed by atoms with E-state index in [1.807, 2.05) is 0 Å². The summed E-state index contributed by atoms with van der Waals surface area (Å²) >= 11 is 0. The zero-order chi connectivity index (χ0) is 14.1. The van der Waals surface area contributed by atoms with Crippen LogP contribution in [0.3, 0.4) is 0 Å². The highest BCUT2D eigenvalue weighted by Crippen LogP contribution is 2.34. The standard InChI is InChI=1S/C18H30/c1-9-13-11-15(17(3,4)5)12-14(10-2)16(13)18(6,7)8/h11-12H,9-10H2,1-8H3. The summed E-state index contributed by atoms with van der Waals surface area (Å²) < 4.78 is 0. The Morgan fingerprint density at radius 1 is 0.722 bits per heavy atom. The molecular formula is C18H30. The van der Waals surface area contributed by atoms with E-state index in [0.29, 0.717) is 0 Å². The third-order valence-electron chi connectivity index (χ3n) is 3.68. The molecule has 1 rings (SSSR count). The van der Waals surface area contributed by atoms with E-state index < -0.39 is 0 Å². The molecule has 0 N–H and O–H groups in total. The summed E-state index contributed by atoms with van der Waals surface area (Å²) in [5, 5.41) is 0. The minimum atomic E-state index is 0.240. The van der Waals surface area contributed by atoms with Crippen LogP contribution < -0.4 is 0 Å². The lowest BCUT2D eigenvalue weighted by Crippen LogP contribution is -2.20. The van der Waals surface area contributed by atoms with Crippen molar-refractivity contribution < 1.29 is 0 Å². The second-order valence-electron chi connectivity index (χ2n) is 7.38. The summed E-state index contributed by atoms with van der Waals surface area (Å²) in [5.74, 6) is 0. The zero-order valence-corrected chi connectivity index (χ0v) is 13.6. The summed E-state index contributed by atoms with van der Waals surface area (Å²) in [6.07, 6.45) is 2.26. The first-order chi connectivity index (χ1) is 8.11. The quantitative estimate of drug-likeness (QED) is 0.655. The van der Waals surface area contributed by atoms with Crippen LogP contribution in [0.5, 0.6) is 0 Å². The van der Waals surface area contributed by atoms with Gasteiger partial charge in [0.15, 0.2) is 0 Å². The first-order valence-electron chi connectivity index (χ1n) is 7.28. The molecule has 0 aliphatic heterocycles. The molecule has 0 unspecified atom stereocenters. The Morgan fingerprint density at radius 3 is 1.33 bits per heavy atom. The molecule has 0 amide bonds. The van der Waals surface area contributed by atoms with E-state index >= 15 is 0 Å². The lowest BCUT2D eigenvalue weighted by molar-refractivity contribution is 0.564. The Morgan fingerprint density at radius 2 is 1.11 bits per heavy atom. The molecule has 0 fully saturated rings. The van der Waals surface area contributed by atoms with Gasteiger partial charge in [-0.3, -0.25) is 0 Å². The molecule has 0 saturated carbocycles. The number of aryl methyl sites for hydroxylation is 2. The van der Waals surface area contributed by atoms with Crippen molar-refractivity contribution in [2.75, 3.05) is 0 Å². The summed E-state index contributed by atoms with van der Waals surface area (Å²) in [6.45, 7) is 18.5. The van der Waals surface area contributed by atoms with Crippen LogP contribution >= 0.6 is 0 Å². The summed E-state index contributed by atoms with van der Waals surface area (Å²) in [5.41, 5.74) is 6.60. The molecule has 1 aromatic carbocycles. The number of benzene rings is 1. The first-order valence-corrected chi connectivity index (χ1v) is 7.28. The van der Waals surface area contributed by atoms with E-state index in [4.69, 9.17) is 0 Å². The van der Waals surface area contributed by atoms with Gasteiger partial charge in [0.25, 0.3) is 0 Å². The van der Waals surface area contributed by atoms with Gasteiger partial charge in [-0.2, -0.15) is 0 Å². The second kappa shape index (κ2) is 5.07. The smallest absolute Gasteiger partial charge is 0.0126 e. The predicted molar refractivity (Wildman–Crippen MR) is 82.6 cm³/mol. The lowest BCUT2D eigenvalue weighted by Gasteiger charge is -2.29. The van der Waals surface area contributed by atoms with Crippen LogP contribution in [0.2, 0.25) is 0 Å². The van der Waals surface area contributed by atoms with E-state index in [-0.39, 0.29) is 10.8 Å². The first kappa shape index (κ1) is 15.3. The van der Waals surface area contributed by atoms with Crippen molar-refractivity contribution >= 4 is 0 Å². The highest BCUT2D eigenvalue weighted by molar-refractivity contribution is 5.45. The summed E-state index contributed by atoms with van der Waals surface area (Å²) in [4.78, 5) is 0. The average molecular weight is 246 g/mol. The number of hydrogen-bond donors (Lipinski definition) is 0. The molecule has 102 valence electrons. The maximum Gasteiger partial charge on any atom is -0.0126 e. The Balaban J connectivity index is 3.55. The lowest BCUT2D eigenvalue weighted by atomic mass is 9.75. The molecule has 0 nitrogen and oxygen atoms in total. The van der Waals surface area contributed by atoms with Crippen molar-refractivity contribution in [3.8, 4) is 0 Å². The molecule has 0 heteroatoms. The molecule has 0 aliphatic carbocycles. The van der Waals surface area contributed by atoms with Gasteiger partial charge in [-0.15, -0.1) is 0 Å². The second-order valence-corrected chi connectivity index (χ2v) is 7.38. The Labute approximate surface area is 114 Å². The predicted octanol–water partition coefficient (Wildman–Crippen LogP) is 5.41. The van der Waals surface area contributed by atoms with E-state index in [1.54, 1.807) is 5.56 Å². The Bertz CT molecular complexity index is 386. The average Bonchev–Trinajstić information content (AvgIpc) is 2.24. The molecule has 1 aromatic rings. The van der Waals surface area contributed by atoms with Gasteiger partial charge in [0, 0.05) is 0 Å². The molecule has 0 aromatic heterocycles. The van der Waals surface area contributed by atoms with Gasteiger partial charge in [0.2, 0.25) is 0 Å². The van der Waals surface area contributed by atoms with Gasteiger partial charge >= 0.3 is 0 Å². The third-order valence-corrected chi connectivity index (χ3v) is 3.68. The Hall–Kier alpha value is -0.780. The normalized spacial score (nSPS) is 12.9. The minimum Gasteiger partial charge on any atom is -0.0613 e. The van der Waals surface area contributed by atoms with Gasteiger partial charge in [-0.05, 0) is 45.9 Å². The van der Waals surface area contributed by atoms with Gasteiger partial charge < -0.3 is 0 Å². The molecule has 0 spiro atoms. The SMILES string of the molecule is CCc1cc(C(C)(C)C)cc(CC)c1C(C)(C)C. The van der Waals surface area contributed by atoms with E-state index in [0.717, 1.165) is 12.8 Å². The highest BCUT2D eigenvalue weighted by atomic mass is 14.3. The summed E-state index contributed by atoms with van der Waals surface area (Å²) in [7, 11) is 0. The van der Waals surface area contributed by atoms with Crippen molar-refractivity contribution in [2.24, 2.45) is 0 Å². The topological polar surface area (TPSA) is 0 Å². The molecular weight excluding hydrogens is 216 g/mol. The van der Waals surface area contributed by atoms with Crippen LogP contribution in [-0.2, 0) is 23.7 Å². The van der Waals surface area contributed by atoms with E-state index in [1.165, 1.54) is 16.7 Å². The van der Waals surface area contributed by atoms with Gasteiger partial charge in [0.05, 0.1) is 0 Å². The molecule has 0 atom stereocenters. The molecule has 0 saturated heterocycles. The molecule has 0 bridgehead atoms. The summed E-state index contributed by atoms with van der Waals surface area (Å²) in [6, 6.07) is 4.86. The molecule has 18 heavy (non-hydrogen) atoms. The highest BCUT2D eigenvalue weighted by Gasteiger charge is 2.24. The molecule has 0 aliphatic rings. The van der Waals surface area contributed by atoms with Crippen LogP contribution in [0.4, 0.5) is 0 Å². The van der Waals surface area contributed by atoms with Crippen molar-refractivity contribution in [3.05, 3.63) is 34.4 Å². The fourth-order valence-corrected chi connectivity index (χ4v) is 2.72. The van der Waals surface area contributed by atoms with Crippen molar-refractivity contribution in [3.63, 3.8) is 0 Å². The molecule has 0 radical (unpaired) electrons. The van der Waals surface area contributed by atoms with Crippen molar-refractivity contribution in [2.45, 2.75) is 79.1 Å². The molecule has 0 heterocycles.